The molecule has 0 aliphatic heterocycles. The molecule has 4 N–H and O–H groups in total. The summed E-state index contributed by atoms with van der Waals surface area (Å²) in [4.78, 5) is 51.9. The molecular weight excluding hydrogens is 512 g/mol. The molecule has 4 amide bonds. The minimum absolute atomic E-state index is 0.157. The fourth-order valence-electron chi connectivity index (χ4n) is 5.09. The van der Waals surface area contributed by atoms with Crippen LogP contribution in [0.3, 0.4) is 0 Å². The monoisotopic (exact) mass is 550 g/mol. The Bertz CT molecular complexity index is 1380. The second-order valence-electron chi connectivity index (χ2n) is 10.5. The fourth-order valence-corrected chi connectivity index (χ4v) is 5.09. The van der Waals surface area contributed by atoms with Gasteiger partial charge < -0.3 is 39.9 Å². The fraction of sp³-hybridized carbons (Fsp3) is 0.429. The van der Waals surface area contributed by atoms with Gasteiger partial charge in [0.25, 0.3) is 17.7 Å². The molecule has 0 saturated heterocycles. The van der Waals surface area contributed by atoms with Crippen LogP contribution in [-0.2, 0) is 18.9 Å². The highest BCUT2D eigenvalue weighted by Gasteiger charge is 2.25. The lowest BCUT2D eigenvalue weighted by molar-refractivity contribution is -0.105. The summed E-state index contributed by atoms with van der Waals surface area (Å²) in [6.07, 6.45) is 10.6. The molecule has 214 valence electrons. The normalized spacial score (nSPS) is 13.4. The summed E-state index contributed by atoms with van der Waals surface area (Å²) in [6.45, 7) is 1.44. The van der Waals surface area contributed by atoms with Crippen molar-refractivity contribution in [1.82, 2.24) is 23.9 Å². The van der Waals surface area contributed by atoms with E-state index >= 15 is 0 Å². The van der Waals surface area contributed by atoms with Gasteiger partial charge in [0.05, 0.1) is 17.1 Å². The van der Waals surface area contributed by atoms with Gasteiger partial charge in [-0.3, -0.25) is 19.2 Å². The molecule has 0 unspecified atom stereocenters. The van der Waals surface area contributed by atoms with E-state index in [-0.39, 0.29) is 23.8 Å². The summed E-state index contributed by atoms with van der Waals surface area (Å²) >= 11 is 0. The largest absolute Gasteiger partial charge is 0.351 e. The maximum absolute atomic E-state index is 13.5. The first-order valence-corrected chi connectivity index (χ1v) is 13.5. The number of nitrogens with zero attached hydrogens (tertiary/aromatic N) is 4. The molecule has 0 spiro atoms. The Kier molecular flexibility index (Phi) is 9.10. The summed E-state index contributed by atoms with van der Waals surface area (Å²) < 4.78 is 5.24. The Morgan fingerprint density at radius 3 is 2.05 bits per heavy atom. The van der Waals surface area contributed by atoms with Gasteiger partial charge in [0.2, 0.25) is 6.41 Å². The number of amides is 4. The van der Waals surface area contributed by atoms with Gasteiger partial charge in [0, 0.05) is 45.3 Å². The number of hydrogen-bond donors (Lipinski definition) is 4. The third kappa shape index (κ3) is 6.81. The number of hydrogen-bond acceptors (Lipinski definition) is 5. The molecule has 1 fully saturated rings. The first-order valence-electron chi connectivity index (χ1n) is 13.5. The van der Waals surface area contributed by atoms with Gasteiger partial charge >= 0.3 is 0 Å². The number of aromatic nitrogens is 3. The lowest BCUT2D eigenvalue weighted by atomic mass is 10.2. The van der Waals surface area contributed by atoms with Crippen molar-refractivity contribution in [3.63, 3.8) is 0 Å². The molecule has 0 radical (unpaired) electrons. The number of nitrogens with one attached hydrogen (secondary N) is 4. The van der Waals surface area contributed by atoms with Crippen LogP contribution in [0.1, 0.15) is 69.6 Å². The second-order valence-corrected chi connectivity index (χ2v) is 10.5. The van der Waals surface area contributed by atoms with Crippen molar-refractivity contribution in [3.05, 3.63) is 53.9 Å². The zero-order chi connectivity index (χ0) is 28.8. The molecule has 0 aromatic carbocycles. The van der Waals surface area contributed by atoms with Crippen molar-refractivity contribution >= 4 is 41.2 Å². The van der Waals surface area contributed by atoms with Crippen LogP contribution < -0.4 is 21.3 Å². The van der Waals surface area contributed by atoms with E-state index in [1.54, 1.807) is 60.0 Å². The van der Waals surface area contributed by atoms with Crippen molar-refractivity contribution in [3.8, 4) is 0 Å². The Labute approximate surface area is 233 Å². The number of carbonyl (C=O) groups is 4. The summed E-state index contributed by atoms with van der Waals surface area (Å²) in [5.41, 5.74) is 2.76. The minimum Gasteiger partial charge on any atom is -0.351 e. The van der Waals surface area contributed by atoms with Gasteiger partial charge in [-0.2, -0.15) is 0 Å². The third-order valence-corrected chi connectivity index (χ3v) is 7.08. The second kappa shape index (κ2) is 12.7. The van der Waals surface area contributed by atoms with Crippen LogP contribution in [0.2, 0.25) is 0 Å². The standard InChI is InChI=1S/C28H38N8O4/c1-33(2)11-7-10-29-26(38)23-13-20(16-35(23)4)31-28(40)25-14-21(17-36(25)22-8-5-6-9-22)32-27(39)24-12-19(30-18-37)15-34(24)3/h12-18,22H,5-11H2,1-4H3,(H,29,38)(H,30,37)(H,31,40)(H,32,39). The van der Waals surface area contributed by atoms with E-state index in [4.69, 9.17) is 0 Å². The van der Waals surface area contributed by atoms with Gasteiger partial charge in [0.15, 0.2) is 0 Å². The van der Waals surface area contributed by atoms with Crippen LogP contribution in [0.15, 0.2) is 36.8 Å². The van der Waals surface area contributed by atoms with Crippen LogP contribution in [0, 0.1) is 0 Å². The molecule has 0 bridgehead atoms. The summed E-state index contributed by atoms with van der Waals surface area (Å²) in [6, 6.07) is 5.06. The van der Waals surface area contributed by atoms with E-state index in [0.717, 1.165) is 38.6 Å². The first-order chi connectivity index (χ1) is 19.2. The molecule has 3 aromatic rings. The van der Waals surface area contributed by atoms with E-state index < -0.39 is 0 Å². The maximum atomic E-state index is 13.5. The molecular formula is C28H38N8O4. The van der Waals surface area contributed by atoms with Gasteiger partial charge in [0.1, 0.15) is 17.1 Å². The summed E-state index contributed by atoms with van der Waals surface area (Å²) in [7, 11) is 7.45. The smallest absolute Gasteiger partial charge is 0.272 e. The average Bonchev–Trinajstić information content (AvgIpc) is 3.69. The lowest BCUT2D eigenvalue weighted by Gasteiger charge is -2.15. The zero-order valence-corrected chi connectivity index (χ0v) is 23.5. The first kappa shape index (κ1) is 28.7. The Morgan fingerprint density at radius 2 is 1.40 bits per heavy atom. The van der Waals surface area contributed by atoms with Crippen LogP contribution in [0.4, 0.5) is 17.1 Å². The van der Waals surface area contributed by atoms with Crippen molar-refractivity contribution in [2.24, 2.45) is 14.1 Å². The lowest BCUT2D eigenvalue weighted by Crippen LogP contribution is -2.28. The van der Waals surface area contributed by atoms with E-state index in [1.165, 1.54) is 0 Å². The highest BCUT2D eigenvalue weighted by molar-refractivity contribution is 6.07. The predicted octanol–water partition coefficient (Wildman–Crippen LogP) is 3.03. The third-order valence-electron chi connectivity index (χ3n) is 7.08. The number of rotatable bonds is 12. The van der Waals surface area contributed by atoms with Gasteiger partial charge in [-0.1, -0.05) is 12.8 Å². The Balaban J connectivity index is 1.49. The molecule has 12 nitrogen and oxygen atoms in total. The predicted molar refractivity (Wildman–Crippen MR) is 154 cm³/mol. The molecule has 40 heavy (non-hydrogen) atoms. The van der Waals surface area contributed by atoms with Crippen LogP contribution in [0.25, 0.3) is 0 Å². The highest BCUT2D eigenvalue weighted by atomic mass is 16.2. The van der Waals surface area contributed by atoms with Crippen LogP contribution in [-0.4, -0.2) is 69.9 Å². The maximum Gasteiger partial charge on any atom is 0.272 e. The SMILES string of the molecule is CN(C)CCCNC(=O)c1cc(NC(=O)c2cc(NC(=O)c3cc(NC=O)cn3C)cn2C2CCCC2)cn1C. The van der Waals surface area contributed by atoms with E-state index in [1.807, 2.05) is 18.7 Å². The summed E-state index contributed by atoms with van der Waals surface area (Å²) in [5.74, 6) is -0.887. The topological polar surface area (TPSA) is 134 Å². The zero-order valence-electron chi connectivity index (χ0n) is 23.5. The quantitative estimate of drug-likeness (QED) is 0.203. The van der Waals surface area contributed by atoms with Crippen molar-refractivity contribution in [1.29, 1.82) is 0 Å². The van der Waals surface area contributed by atoms with Crippen molar-refractivity contribution < 1.29 is 19.2 Å². The molecule has 0 atom stereocenters. The van der Waals surface area contributed by atoms with E-state index in [2.05, 4.69) is 26.2 Å². The summed E-state index contributed by atoms with van der Waals surface area (Å²) in [5, 5.41) is 11.3. The van der Waals surface area contributed by atoms with E-state index in [9.17, 15) is 19.2 Å². The molecule has 12 heteroatoms. The minimum atomic E-state index is -0.360. The number of anilines is 3. The van der Waals surface area contributed by atoms with Gasteiger partial charge in [-0.15, -0.1) is 0 Å². The van der Waals surface area contributed by atoms with E-state index in [0.29, 0.717) is 47.1 Å². The number of carbonyl (C=O) groups excluding carboxylic acids is 4. The molecule has 3 aromatic heterocycles. The molecule has 1 saturated carbocycles. The average molecular weight is 551 g/mol. The molecule has 3 heterocycles. The number of aryl methyl sites for hydroxylation is 2. The molecule has 1 aliphatic carbocycles. The van der Waals surface area contributed by atoms with Crippen LogP contribution in [0.5, 0.6) is 0 Å². The Morgan fingerprint density at radius 1 is 0.850 bits per heavy atom. The van der Waals surface area contributed by atoms with Gasteiger partial charge in [-0.25, -0.2) is 0 Å². The van der Waals surface area contributed by atoms with Crippen molar-refractivity contribution in [2.45, 2.75) is 38.1 Å². The van der Waals surface area contributed by atoms with Crippen LogP contribution >= 0.6 is 0 Å². The van der Waals surface area contributed by atoms with Crippen molar-refractivity contribution in [2.75, 3.05) is 43.1 Å². The van der Waals surface area contributed by atoms with Gasteiger partial charge in [-0.05, 0) is 58.1 Å². The molecule has 1 aliphatic rings. The highest BCUT2D eigenvalue weighted by Crippen LogP contribution is 2.33. The Hall–Kier alpha value is -4.32. The molecule has 4 rings (SSSR count).